The molecular weight excluding hydrogens is 318 g/mol. The molecule has 0 radical (unpaired) electrons. The minimum absolute atomic E-state index is 0.00885. The van der Waals surface area contributed by atoms with Crippen molar-refractivity contribution in [3.8, 4) is 0 Å². The lowest BCUT2D eigenvalue weighted by Gasteiger charge is -2.07. The first-order valence-corrected chi connectivity index (χ1v) is 6.12. The van der Waals surface area contributed by atoms with Crippen LogP contribution < -0.4 is 5.32 Å². The lowest BCUT2D eigenvalue weighted by molar-refractivity contribution is 0.0695. The molecule has 7 heteroatoms. The number of rotatable bonds is 3. The van der Waals surface area contributed by atoms with Crippen LogP contribution in [0.5, 0.6) is 0 Å². The van der Waals surface area contributed by atoms with Gasteiger partial charge in [0.15, 0.2) is 5.82 Å². The fourth-order valence-electron chi connectivity index (χ4n) is 1.33. The minimum atomic E-state index is -1.09. The number of aromatic carboxylic acids is 1. The Bertz CT molecular complexity index is 657. The molecule has 0 saturated carbocycles. The SMILES string of the molecule is O=C(O)c1cc(Nc2ccccc2Br)n[nH]c1=S. The number of carbonyl (C=O) groups is 1. The highest BCUT2D eigenvalue weighted by Gasteiger charge is 2.08. The van der Waals surface area contributed by atoms with E-state index in [4.69, 9.17) is 17.3 Å². The second kappa shape index (κ2) is 5.28. The number of carboxylic acids is 1. The monoisotopic (exact) mass is 325 g/mol. The van der Waals surface area contributed by atoms with Crippen molar-refractivity contribution < 1.29 is 9.90 Å². The molecule has 0 unspecified atom stereocenters. The Morgan fingerprint density at radius 1 is 1.44 bits per heavy atom. The Labute approximate surface area is 116 Å². The van der Waals surface area contributed by atoms with Crippen molar-refractivity contribution in [2.24, 2.45) is 0 Å². The number of hydrogen-bond donors (Lipinski definition) is 3. The predicted octanol–water partition coefficient (Wildman–Crippen LogP) is 3.34. The number of carboxylic acid groups (broad SMARTS) is 1. The van der Waals surface area contributed by atoms with E-state index in [1.807, 2.05) is 24.3 Å². The normalized spacial score (nSPS) is 10.1. The van der Waals surface area contributed by atoms with Crippen LogP contribution in [0.25, 0.3) is 0 Å². The zero-order chi connectivity index (χ0) is 13.1. The fraction of sp³-hybridized carbons (Fsp3) is 0. The third-order valence-electron chi connectivity index (χ3n) is 2.17. The zero-order valence-corrected chi connectivity index (χ0v) is 11.4. The van der Waals surface area contributed by atoms with Gasteiger partial charge in [-0.2, -0.15) is 5.10 Å². The number of para-hydroxylation sites is 1. The Morgan fingerprint density at radius 3 is 2.83 bits per heavy atom. The van der Waals surface area contributed by atoms with E-state index < -0.39 is 5.97 Å². The first-order valence-electron chi connectivity index (χ1n) is 4.92. The molecule has 1 heterocycles. The van der Waals surface area contributed by atoms with Gasteiger partial charge in [0.1, 0.15) is 4.64 Å². The zero-order valence-electron chi connectivity index (χ0n) is 8.98. The van der Waals surface area contributed by atoms with Crippen molar-refractivity contribution in [2.75, 3.05) is 5.32 Å². The fourth-order valence-corrected chi connectivity index (χ4v) is 1.90. The molecule has 5 nitrogen and oxygen atoms in total. The number of nitrogens with one attached hydrogen (secondary N) is 2. The van der Waals surface area contributed by atoms with Gasteiger partial charge in [0.05, 0.1) is 11.3 Å². The molecule has 1 aromatic heterocycles. The van der Waals surface area contributed by atoms with Gasteiger partial charge in [-0.15, -0.1) is 0 Å². The molecule has 2 aromatic rings. The Balaban J connectivity index is 2.36. The van der Waals surface area contributed by atoms with E-state index >= 15 is 0 Å². The number of anilines is 2. The first kappa shape index (κ1) is 12.7. The second-order valence-corrected chi connectivity index (χ2v) is 4.67. The van der Waals surface area contributed by atoms with E-state index in [2.05, 4.69) is 31.4 Å². The van der Waals surface area contributed by atoms with Crippen LogP contribution in [0, 0.1) is 4.64 Å². The van der Waals surface area contributed by atoms with Crippen molar-refractivity contribution in [1.29, 1.82) is 0 Å². The van der Waals surface area contributed by atoms with E-state index in [0.717, 1.165) is 10.2 Å². The predicted molar refractivity (Wildman–Crippen MR) is 73.8 cm³/mol. The first-order chi connectivity index (χ1) is 8.58. The second-order valence-electron chi connectivity index (χ2n) is 3.41. The maximum atomic E-state index is 10.9. The molecule has 0 aliphatic heterocycles. The van der Waals surface area contributed by atoms with Crippen LogP contribution >= 0.6 is 28.1 Å². The van der Waals surface area contributed by atoms with Crippen molar-refractivity contribution in [3.05, 3.63) is 45.0 Å². The molecule has 0 saturated heterocycles. The van der Waals surface area contributed by atoms with E-state index in [1.54, 1.807) is 0 Å². The molecule has 3 N–H and O–H groups in total. The lowest BCUT2D eigenvalue weighted by atomic mass is 10.3. The van der Waals surface area contributed by atoms with Crippen molar-refractivity contribution >= 4 is 45.6 Å². The topological polar surface area (TPSA) is 78.0 Å². The smallest absolute Gasteiger partial charge is 0.338 e. The van der Waals surface area contributed by atoms with E-state index in [-0.39, 0.29) is 10.2 Å². The quantitative estimate of drug-likeness (QED) is 0.754. The third-order valence-corrected chi connectivity index (χ3v) is 3.17. The van der Waals surface area contributed by atoms with Crippen LogP contribution in [0.15, 0.2) is 34.8 Å². The number of aromatic nitrogens is 2. The summed E-state index contributed by atoms with van der Waals surface area (Å²) in [6.45, 7) is 0. The van der Waals surface area contributed by atoms with Gasteiger partial charge in [-0.25, -0.2) is 4.79 Å². The van der Waals surface area contributed by atoms with Crippen LogP contribution in [0.3, 0.4) is 0 Å². The molecule has 18 heavy (non-hydrogen) atoms. The molecular formula is C11H8BrN3O2S. The highest BCUT2D eigenvalue weighted by atomic mass is 79.9. The summed E-state index contributed by atoms with van der Waals surface area (Å²) in [5, 5.41) is 18.4. The van der Waals surface area contributed by atoms with Crippen molar-refractivity contribution in [1.82, 2.24) is 10.2 Å². The molecule has 0 fully saturated rings. The summed E-state index contributed by atoms with van der Waals surface area (Å²) in [4.78, 5) is 10.9. The third kappa shape index (κ3) is 2.74. The highest BCUT2D eigenvalue weighted by Crippen LogP contribution is 2.24. The number of H-pyrrole nitrogens is 1. The Morgan fingerprint density at radius 2 is 2.17 bits per heavy atom. The van der Waals surface area contributed by atoms with Gasteiger partial charge < -0.3 is 10.4 Å². The Hall–Kier alpha value is -1.73. The van der Waals surface area contributed by atoms with Gasteiger partial charge in [-0.05, 0) is 28.1 Å². The summed E-state index contributed by atoms with van der Waals surface area (Å²) >= 11 is 8.22. The summed E-state index contributed by atoms with van der Waals surface area (Å²) in [6.07, 6.45) is 0. The number of nitrogens with zero attached hydrogens (tertiary/aromatic N) is 1. The summed E-state index contributed by atoms with van der Waals surface area (Å²) in [5.74, 6) is -0.707. The molecule has 0 amide bonds. The average molecular weight is 326 g/mol. The van der Waals surface area contributed by atoms with Gasteiger partial charge >= 0.3 is 5.97 Å². The molecule has 0 aliphatic carbocycles. The molecule has 0 spiro atoms. The van der Waals surface area contributed by atoms with Crippen LogP contribution in [0.4, 0.5) is 11.5 Å². The van der Waals surface area contributed by atoms with Crippen LogP contribution in [-0.4, -0.2) is 21.3 Å². The highest BCUT2D eigenvalue weighted by molar-refractivity contribution is 9.10. The van der Waals surface area contributed by atoms with E-state index in [9.17, 15) is 4.79 Å². The summed E-state index contributed by atoms with van der Waals surface area (Å²) in [5.41, 5.74) is 0.793. The number of halogens is 1. The van der Waals surface area contributed by atoms with Gasteiger partial charge in [-0.1, -0.05) is 24.4 Å². The minimum Gasteiger partial charge on any atom is -0.478 e. The molecule has 0 aliphatic rings. The maximum absolute atomic E-state index is 10.9. The number of hydrogen-bond acceptors (Lipinski definition) is 4. The van der Waals surface area contributed by atoms with E-state index in [1.165, 1.54) is 6.07 Å². The van der Waals surface area contributed by atoms with E-state index in [0.29, 0.717) is 5.82 Å². The van der Waals surface area contributed by atoms with Crippen molar-refractivity contribution in [3.63, 3.8) is 0 Å². The molecule has 0 bridgehead atoms. The number of benzene rings is 1. The average Bonchev–Trinajstić information content (AvgIpc) is 2.34. The Kier molecular flexibility index (Phi) is 3.73. The standard InChI is InChI=1S/C11H8BrN3O2S/c12-7-3-1-2-4-8(7)13-9-5-6(11(16)17)10(18)15-14-9/h1-5H,(H,13,14)(H,15,18)(H,16,17). The van der Waals surface area contributed by atoms with Gasteiger partial charge in [-0.3, -0.25) is 5.10 Å². The molecule has 2 rings (SSSR count). The molecule has 1 aromatic carbocycles. The lowest BCUT2D eigenvalue weighted by Crippen LogP contribution is -2.03. The maximum Gasteiger partial charge on any atom is 0.338 e. The van der Waals surface area contributed by atoms with Gasteiger partial charge in [0, 0.05) is 10.5 Å². The summed E-state index contributed by atoms with van der Waals surface area (Å²) in [6, 6.07) is 8.83. The largest absolute Gasteiger partial charge is 0.478 e. The summed E-state index contributed by atoms with van der Waals surface area (Å²) in [7, 11) is 0. The van der Waals surface area contributed by atoms with Crippen LogP contribution in [0.2, 0.25) is 0 Å². The molecule has 0 atom stereocenters. The van der Waals surface area contributed by atoms with Crippen LogP contribution in [0.1, 0.15) is 10.4 Å². The molecule has 92 valence electrons. The number of aromatic amines is 1. The van der Waals surface area contributed by atoms with Gasteiger partial charge in [0.25, 0.3) is 0 Å². The van der Waals surface area contributed by atoms with Gasteiger partial charge in [0.2, 0.25) is 0 Å². The van der Waals surface area contributed by atoms with Crippen molar-refractivity contribution in [2.45, 2.75) is 0 Å². The summed E-state index contributed by atoms with van der Waals surface area (Å²) < 4.78 is 0.950. The van der Waals surface area contributed by atoms with Crippen LogP contribution in [-0.2, 0) is 0 Å².